The number of hydrogen-bond acceptors (Lipinski definition) is 2. The van der Waals surface area contributed by atoms with E-state index in [1.54, 1.807) is 0 Å². The Kier molecular flexibility index (Phi) is 3.87. The molecule has 1 unspecified atom stereocenters. The third-order valence-corrected chi connectivity index (χ3v) is 3.88. The van der Waals surface area contributed by atoms with Gasteiger partial charge in [-0.2, -0.15) is 0 Å². The predicted molar refractivity (Wildman–Crippen MR) is 71.7 cm³/mol. The molecule has 92 valence electrons. The molecule has 0 aliphatic heterocycles. The minimum Gasteiger partial charge on any atom is -0.494 e. The number of carbonyl (C=O) groups is 1. The number of hydrogen-bond donors (Lipinski definition) is 0. The standard InChI is InChI=1S/C14H17BrO2/c1-3-17-13-7-6-11(15)14-10(13)5-4-9(2)8-12(14)16/h6-7,9H,3-5,8H2,1-2H3. The van der Waals surface area contributed by atoms with E-state index in [4.69, 9.17) is 4.74 Å². The third kappa shape index (κ3) is 2.54. The van der Waals surface area contributed by atoms with Crippen LogP contribution in [0.15, 0.2) is 16.6 Å². The Morgan fingerprint density at radius 1 is 1.47 bits per heavy atom. The quantitative estimate of drug-likeness (QED) is 0.771. The van der Waals surface area contributed by atoms with Gasteiger partial charge in [0.05, 0.1) is 6.61 Å². The zero-order chi connectivity index (χ0) is 12.4. The number of Topliss-reactive ketones (excluding diaryl/α,β-unsaturated/α-hetero) is 1. The van der Waals surface area contributed by atoms with Crippen LogP contribution in [0.2, 0.25) is 0 Å². The maximum Gasteiger partial charge on any atom is 0.164 e. The van der Waals surface area contributed by atoms with Crippen LogP contribution in [0.4, 0.5) is 0 Å². The SMILES string of the molecule is CCOc1ccc(Br)c2c1CCC(C)CC2=O. The summed E-state index contributed by atoms with van der Waals surface area (Å²) in [5, 5.41) is 0. The van der Waals surface area contributed by atoms with Crippen LogP contribution in [0.25, 0.3) is 0 Å². The predicted octanol–water partition coefficient (Wildman–Crippen LogP) is 4.00. The van der Waals surface area contributed by atoms with Crippen LogP contribution in [0.1, 0.15) is 42.6 Å². The summed E-state index contributed by atoms with van der Waals surface area (Å²) in [7, 11) is 0. The van der Waals surface area contributed by atoms with E-state index in [0.717, 1.165) is 34.2 Å². The highest BCUT2D eigenvalue weighted by atomic mass is 79.9. The maximum atomic E-state index is 12.2. The molecule has 1 atom stereocenters. The van der Waals surface area contributed by atoms with Crippen LogP contribution in [-0.2, 0) is 6.42 Å². The van der Waals surface area contributed by atoms with E-state index in [1.807, 2.05) is 19.1 Å². The van der Waals surface area contributed by atoms with Gasteiger partial charge in [0.2, 0.25) is 0 Å². The smallest absolute Gasteiger partial charge is 0.164 e. The van der Waals surface area contributed by atoms with Gasteiger partial charge in [-0.05, 0) is 37.8 Å². The van der Waals surface area contributed by atoms with Crippen molar-refractivity contribution in [1.29, 1.82) is 0 Å². The summed E-state index contributed by atoms with van der Waals surface area (Å²) in [6.07, 6.45) is 2.62. The molecule has 17 heavy (non-hydrogen) atoms. The summed E-state index contributed by atoms with van der Waals surface area (Å²) in [5.74, 6) is 1.56. The van der Waals surface area contributed by atoms with Gasteiger partial charge in [-0.1, -0.05) is 22.9 Å². The van der Waals surface area contributed by atoms with Gasteiger partial charge in [0.25, 0.3) is 0 Å². The third-order valence-electron chi connectivity index (χ3n) is 3.22. The molecular weight excluding hydrogens is 280 g/mol. The Labute approximate surface area is 110 Å². The maximum absolute atomic E-state index is 12.2. The van der Waals surface area contributed by atoms with Crippen LogP contribution in [-0.4, -0.2) is 12.4 Å². The second-order valence-electron chi connectivity index (χ2n) is 4.60. The molecule has 3 heteroatoms. The van der Waals surface area contributed by atoms with Gasteiger partial charge in [0.1, 0.15) is 5.75 Å². The van der Waals surface area contributed by atoms with Crippen LogP contribution in [0, 0.1) is 5.92 Å². The van der Waals surface area contributed by atoms with Gasteiger partial charge in [0, 0.05) is 22.0 Å². The summed E-state index contributed by atoms with van der Waals surface area (Å²) in [4.78, 5) is 12.2. The fourth-order valence-corrected chi connectivity index (χ4v) is 2.94. The number of benzene rings is 1. The van der Waals surface area contributed by atoms with Crippen molar-refractivity contribution < 1.29 is 9.53 Å². The van der Waals surface area contributed by atoms with E-state index in [1.165, 1.54) is 0 Å². The second-order valence-corrected chi connectivity index (χ2v) is 5.46. The summed E-state index contributed by atoms with van der Waals surface area (Å²) in [6, 6.07) is 3.87. The minimum atomic E-state index is 0.235. The first-order valence-corrected chi connectivity index (χ1v) is 6.90. The van der Waals surface area contributed by atoms with Gasteiger partial charge in [0.15, 0.2) is 5.78 Å². The molecule has 0 radical (unpaired) electrons. The number of ether oxygens (including phenoxy) is 1. The van der Waals surface area contributed by atoms with Crippen molar-refractivity contribution in [1.82, 2.24) is 0 Å². The van der Waals surface area contributed by atoms with E-state index in [0.29, 0.717) is 18.9 Å². The lowest BCUT2D eigenvalue weighted by atomic mass is 10.0. The van der Waals surface area contributed by atoms with Crippen LogP contribution in [0.5, 0.6) is 5.75 Å². The van der Waals surface area contributed by atoms with Crippen molar-refractivity contribution in [2.45, 2.75) is 33.1 Å². The number of fused-ring (bicyclic) bond motifs is 1. The highest BCUT2D eigenvalue weighted by Crippen LogP contribution is 2.35. The average Bonchev–Trinajstić information content (AvgIpc) is 2.43. The fourth-order valence-electron chi connectivity index (χ4n) is 2.35. The summed E-state index contributed by atoms with van der Waals surface area (Å²) in [5.41, 5.74) is 1.91. The highest BCUT2D eigenvalue weighted by Gasteiger charge is 2.24. The molecule has 1 aliphatic carbocycles. The summed E-state index contributed by atoms with van der Waals surface area (Å²) in [6.45, 7) is 4.74. The Balaban J connectivity index is 2.51. The van der Waals surface area contributed by atoms with Crippen molar-refractivity contribution in [3.63, 3.8) is 0 Å². The van der Waals surface area contributed by atoms with Crippen molar-refractivity contribution in [3.8, 4) is 5.75 Å². The number of carbonyl (C=O) groups excluding carboxylic acids is 1. The molecule has 0 fully saturated rings. The van der Waals surface area contributed by atoms with Crippen LogP contribution in [0.3, 0.4) is 0 Å². The van der Waals surface area contributed by atoms with Gasteiger partial charge < -0.3 is 4.74 Å². The monoisotopic (exact) mass is 296 g/mol. The first-order chi connectivity index (χ1) is 8.13. The molecule has 0 spiro atoms. The normalized spacial score (nSPS) is 19.7. The number of halogens is 1. The molecule has 2 nitrogen and oxygen atoms in total. The molecule has 0 saturated heterocycles. The number of ketones is 1. The van der Waals surface area contributed by atoms with Gasteiger partial charge in [-0.25, -0.2) is 0 Å². The lowest BCUT2D eigenvalue weighted by molar-refractivity contribution is 0.0966. The zero-order valence-corrected chi connectivity index (χ0v) is 11.8. The summed E-state index contributed by atoms with van der Waals surface area (Å²) >= 11 is 3.49. The molecule has 1 aliphatic rings. The molecule has 0 N–H and O–H groups in total. The van der Waals surface area contributed by atoms with Gasteiger partial charge in [-0.15, -0.1) is 0 Å². The average molecular weight is 297 g/mol. The van der Waals surface area contributed by atoms with Crippen molar-refractivity contribution in [2.24, 2.45) is 5.92 Å². The molecular formula is C14H17BrO2. The largest absolute Gasteiger partial charge is 0.494 e. The number of rotatable bonds is 2. The molecule has 2 rings (SSSR count). The van der Waals surface area contributed by atoms with Crippen LogP contribution < -0.4 is 4.74 Å². The molecule has 0 bridgehead atoms. The lowest BCUT2D eigenvalue weighted by Crippen LogP contribution is -2.06. The Bertz CT molecular complexity index is 440. The van der Waals surface area contributed by atoms with Crippen LogP contribution >= 0.6 is 15.9 Å². The lowest BCUT2D eigenvalue weighted by Gasteiger charge is -2.13. The van der Waals surface area contributed by atoms with E-state index < -0.39 is 0 Å². The Hall–Kier alpha value is -0.830. The van der Waals surface area contributed by atoms with E-state index >= 15 is 0 Å². The van der Waals surface area contributed by atoms with Crippen molar-refractivity contribution in [2.75, 3.05) is 6.61 Å². The van der Waals surface area contributed by atoms with E-state index in [2.05, 4.69) is 22.9 Å². The van der Waals surface area contributed by atoms with Crippen molar-refractivity contribution >= 4 is 21.7 Å². The fraction of sp³-hybridized carbons (Fsp3) is 0.500. The second kappa shape index (κ2) is 5.21. The first-order valence-electron chi connectivity index (χ1n) is 6.10. The minimum absolute atomic E-state index is 0.235. The van der Waals surface area contributed by atoms with Gasteiger partial charge >= 0.3 is 0 Å². The highest BCUT2D eigenvalue weighted by molar-refractivity contribution is 9.10. The molecule has 0 aromatic heterocycles. The molecule has 0 saturated carbocycles. The first kappa shape index (κ1) is 12.6. The molecule has 1 aromatic carbocycles. The Morgan fingerprint density at radius 2 is 2.24 bits per heavy atom. The van der Waals surface area contributed by atoms with Crippen molar-refractivity contribution in [3.05, 3.63) is 27.7 Å². The molecule has 0 amide bonds. The topological polar surface area (TPSA) is 26.3 Å². The molecule has 0 heterocycles. The van der Waals surface area contributed by atoms with Gasteiger partial charge in [-0.3, -0.25) is 4.79 Å². The Morgan fingerprint density at radius 3 is 2.94 bits per heavy atom. The zero-order valence-electron chi connectivity index (χ0n) is 10.3. The van der Waals surface area contributed by atoms with E-state index in [-0.39, 0.29) is 5.78 Å². The molecule has 1 aromatic rings. The summed E-state index contributed by atoms with van der Waals surface area (Å²) < 4.78 is 6.52. The van der Waals surface area contributed by atoms with E-state index in [9.17, 15) is 4.79 Å².